The van der Waals surface area contributed by atoms with E-state index in [0.29, 0.717) is 6.42 Å². The van der Waals surface area contributed by atoms with Crippen LogP contribution in [-0.2, 0) is 22.3 Å². The molecular formula is C30H26F3NO7. The van der Waals surface area contributed by atoms with Gasteiger partial charge < -0.3 is 23.9 Å². The second-order valence-electron chi connectivity index (χ2n) is 9.15. The predicted octanol–water partition coefficient (Wildman–Crippen LogP) is 6.85. The van der Waals surface area contributed by atoms with Gasteiger partial charge in [-0.3, -0.25) is 4.79 Å². The zero-order valence-electron chi connectivity index (χ0n) is 22.1. The number of ether oxygens (including phenoxy) is 3. The van der Waals surface area contributed by atoms with Crippen LogP contribution in [0.1, 0.15) is 31.6 Å². The van der Waals surface area contributed by atoms with Crippen molar-refractivity contribution in [3.8, 4) is 17.2 Å². The van der Waals surface area contributed by atoms with E-state index in [0.717, 1.165) is 11.6 Å². The highest BCUT2D eigenvalue weighted by atomic mass is 19.4. The fraction of sp³-hybridized carbons (Fsp3) is 0.233. The molecule has 3 aromatic carbocycles. The first kappa shape index (κ1) is 29.2. The molecule has 4 rings (SSSR count). The van der Waals surface area contributed by atoms with Crippen molar-refractivity contribution in [2.75, 3.05) is 0 Å². The molecule has 1 aromatic heterocycles. The van der Waals surface area contributed by atoms with E-state index >= 15 is 0 Å². The Balaban J connectivity index is 1.57. The van der Waals surface area contributed by atoms with Crippen molar-refractivity contribution in [3.05, 3.63) is 100 Å². The lowest BCUT2D eigenvalue weighted by Gasteiger charge is -2.22. The van der Waals surface area contributed by atoms with Crippen LogP contribution in [-0.4, -0.2) is 18.1 Å². The average molecular weight is 570 g/mol. The molecule has 214 valence electrons. The van der Waals surface area contributed by atoms with Gasteiger partial charge in [0.15, 0.2) is 0 Å². The SMILES string of the molecule is CCC(C)C(NC(=O)OCc1ccccc1)C(=O)Oc1ccc2c(=O)c(Oc3ccccc3)c(C(F)(F)F)oc2c1. The minimum atomic E-state index is -5.06. The third-order valence-electron chi connectivity index (χ3n) is 6.21. The van der Waals surface area contributed by atoms with Crippen LogP contribution in [0, 0.1) is 5.92 Å². The fourth-order valence-electron chi connectivity index (χ4n) is 3.85. The van der Waals surface area contributed by atoms with Gasteiger partial charge >= 0.3 is 18.2 Å². The number of rotatable bonds is 9. The van der Waals surface area contributed by atoms with Gasteiger partial charge in [-0.25, -0.2) is 9.59 Å². The van der Waals surface area contributed by atoms with Gasteiger partial charge in [0, 0.05) is 6.07 Å². The van der Waals surface area contributed by atoms with Crippen LogP contribution in [0.5, 0.6) is 17.2 Å². The minimum Gasteiger partial charge on any atom is -0.449 e. The molecule has 4 aromatic rings. The smallest absolute Gasteiger partial charge is 0.449 e. The number of benzene rings is 3. The highest BCUT2D eigenvalue weighted by molar-refractivity contribution is 5.85. The van der Waals surface area contributed by atoms with E-state index in [4.69, 9.17) is 18.6 Å². The second kappa shape index (κ2) is 12.6. The summed E-state index contributed by atoms with van der Waals surface area (Å²) >= 11 is 0. The number of para-hydroxylation sites is 1. The molecule has 1 amide bonds. The van der Waals surface area contributed by atoms with Gasteiger partial charge in [-0.1, -0.05) is 68.8 Å². The van der Waals surface area contributed by atoms with Crippen molar-refractivity contribution < 1.29 is 41.4 Å². The van der Waals surface area contributed by atoms with E-state index in [1.54, 1.807) is 44.2 Å². The third-order valence-corrected chi connectivity index (χ3v) is 6.21. The van der Waals surface area contributed by atoms with Crippen LogP contribution in [0.25, 0.3) is 11.0 Å². The molecule has 0 bridgehead atoms. The number of alkyl carbamates (subject to hydrolysis) is 1. The molecule has 8 nitrogen and oxygen atoms in total. The summed E-state index contributed by atoms with van der Waals surface area (Å²) in [7, 11) is 0. The highest BCUT2D eigenvalue weighted by Gasteiger charge is 2.40. The zero-order valence-corrected chi connectivity index (χ0v) is 22.1. The summed E-state index contributed by atoms with van der Waals surface area (Å²) < 4.78 is 62.4. The van der Waals surface area contributed by atoms with Crippen molar-refractivity contribution in [2.45, 2.75) is 39.1 Å². The molecule has 0 fully saturated rings. The van der Waals surface area contributed by atoms with Gasteiger partial charge in [-0.15, -0.1) is 0 Å². The number of nitrogens with one attached hydrogen (secondary N) is 1. The molecule has 2 unspecified atom stereocenters. The van der Waals surface area contributed by atoms with E-state index in [2.05, 4.69) is 5.32 Å². The monoisotopic (exact) mass is 569 g/mol. The molecule has 1 N–H and O–H groups in total. The average Bonchev–Trinajstić information content (AvgIpc) is 2.96. The van der Waals surface area contributed by atoms with Gasteiger partial charge in [-0.05, 0) is 35.7 Å². The number of carbonyl (C=O) groups is 2. The maximum Gasteiger partial charge on any atom is 0.453 e. The Morgan fingerprint density at radius 1 is 0.951 bits per heavy atom. The molecule has 0 aliphatic carbocycles. The molecular weight excluding hydrogens is 543 g/mol. The number of alkyl halides is 3. The summed E-state index contributed by atoms with van der Waals surface area (Å²) in [5.74, 6) is -4.08. The molecule has 1 heterocycles. The van der Waals surface area contributed by atoms with E-state index in [-0.39, 0.29) is 29.4 Å². The summed E-state index contributed by atoms with van der Waals surface area (Å²) in [5, 5.41) is 2.27. The maximum atomic E-state index is 13.8. The Morgan fingerprint density at radius 3 is 2.24 bits per heavy atom. The number of amides is 1. The summed E-state index contributed by atoms with van der Waals surface area (Å²) in [5.41, 5.74) is -0.775. The first-order chi connectivity index (χ1) is 19.6. The van der Waals surface area contributed by atoms with E-state index in [1.807, 2.05) is 6.07 Å². The van der Waals surface area contributed by atoms with Crippen LogP contribution in [0.15, 0.2) is 88.1 Å². The topological polar surface area (TPSA) is 104 Å². The number of hydrogen-bond acceptors (Lipinski definition) is 7. The van der Waals surface area contributed by atoms with Crippen molar-refractivity contribution in [1.82, 2.24) is 5.32 Å². The Bertz CT molecular complexity index is 1570. The Labute approximate surface area is 232 Å². The molecule has 0 aliphatic rings. The third kappa shape index (κ3) is 7.24. The number of esters is 1. The number of fused-ring (bicyclic) bond motifs is 1. The predicted molar refractivity (Wildman–Crippen MR) is 143 cm³/mol. The van der Waals surface area contributed by atoms with Crippen LogP contribution < -0.4 is 20.2 Å². The van der Waals surface area contributed by atoms with Crippen molar-refractivity contribution in [1.29, 1.82) is 0 Å². The number of halogens is 3. The van der Waals surface area contributed by atoms with Crippen molar-refractivity contribution in [2.24, 2.45) is 5.92 Å². The van der Waals surface area contributed by atoms with Crippen LogP contribution in [0.4, 0.5) is 18.0 Å². The van der Waals surface area contributed by atoms with E-state index in [1.165, 1.54) is 36.4 Å². The first-order valence-electron chi connectivity index (χ1n) is 12.7. The standard InChI is InChI=1S/C30H26F3NO7/c1-3-18(2)24(34-29(37)38-17-19-10-6-4-7-11-19)28(36)40-21-14-15-22-23(16-21)41-27(30(31,32)33)26(25(22)35)39-20-12-8-5-9-13-20/h4-16,18,24H,3,17H2,1-2H3,(H,34,37). The fourth-order valence-corrected chi connectivity index (χ4v) is 3.85. The van der Waals surface area contributed by atoms with Gasteiger partial charge in [-0.2, -0.15) is 13.2 Å². The number of carbonyl (C=O) groups excluding carboxylic acids is 2. The Morgan fingerprint density at radius 2 is 1.61 bits per heavy atom. The van der Waals surface area contributed by atoms with Crippen molar-refractivity contribution >= 4 is 23.0 Å². The van der Waals surface area contributed by atoms with Gasteiger partial charge in [0.25, 0.3) is 5.76 Å². The minimum absolute atomic E-state index is 0.0149. The van der Waals surface area contributed by atoms with Crippen LogP contribution in [0.3, 0.4) is 0 Å². The lowest BCUT2D eigenvalue weighted by atomic mass is 9.99. The summed E-state index contributed by atoms with van der Waals surface area (Å²) in [6.07, 6.45) is -5.42. The van der Waals surface area contributed by atoms with Gasteiger partial charge in [0.1, 0.15) is 29.7 Å². The van der Waals surface area contributed by atoms with Crippen LogP contribution >= 0.6 is 0 Å². The second-order valence-corrected chi connectivity index (χ2v) is 9.15. The molecule has 0 saturated carbocycles. The van der Waals surface area contributed by atoms with E-state index < -0.39 is 46.8 Å². The molecule has 0 spiro atoms. The maximum absolute atomic E-state index is 13.8. The lowest BCUT2D eigenvalue weighted by Crippen LogP contribution is -2.47. The molecule has 0 radical (unpaired) electrons. The van der Waals surface area contributed by atoms with E-state index in [9.17, 15) is 27.6 Å². The van der Waals surface area contributed by atoms with Crippen LogP contribution in [0.2, 0.25) is 0 Å². The highest BCUT2D eigenvalue weighted by Crippen LogP contribution is 2.38. The summed E-state index contributed by atoms with van der Waals surface area (Å²) in [4.78, 5) is 38.4. The van der Waals surface area contributed by atoms with Gasteiger partial charge in [0.2, 0.25) is 11.2 Å². The lowest BCUT2D eigenvalue weighted by molar-refractivity contribution is -0.154. The Hall–Kier alpha value is -4.80. The zero-order chi connectivity index (χ0) is 29.6. The number of hydrogen-bond donors (Lipinski definition) is 1. The first-order valence-corrected chi connectivity index (χ1v) is 12.7. The van der Waals surface area contributed by atoms with Crippen molar-refractivity contribution in [3.63, 3.8) is 0 Å². The van der Waals surface area contributed by atoms with Gasteiger partial charge in [0.05, 0.1) is 5.39 Å². The molecule has 0 aliphatic heterocycles. The summed E-state index contributed by atoms with van der Waals surface area (Å²) in [6, 6.07) is 18.7. The normalized spacial score (nSPS) is 12.8. The molecule has 11 heteroatoms. The molecule has 41 heavy (non-hydrogen) atoms. The molecule has 0 saturated heterocycles. The quantitative estimate of drug-likeness (QED) is 0.174. The largest absolute Gasteiger partial charge is 0.453 e. The summed E-state index contributed by atoms with van der Waals surface area (Å²) in [6.45, 7) is 3.50. The molecule has 2 atom stereocenters. The Kier molecular flexibility index (Phi) is 8.96.